The number of halogens is 1. The second-order valence-electron chi connectivity index (χ2n) is 3.92. The summed E-state index contributed by atoms with van der Waals surface area (Å²) in [6.07, 6.45) is 1.47. The van der Waals surface area contributed by atoms with E-state index in [2.05, 4.69) is 20.6 Å². The third kappa shape index (κ3) is 3.02. The number of aryl methyl sites for hydroxylation is 2. The molecular weight excluding hydrogens is 284 g/mol. The van der Waals surface area contributed by atoms with Crippen molar-refractivity contribution >= 4 is 39.8 Å². The second-order valence-corrected chi connectivity index (χ2v) is 5.53. The number of thiazole rings is 1. The number of anilines is 2. The predicted octanol–water partition coefficient (Wildman–Crippen LogP) is 3.10. The molecule has 0 saturated carbocycles. The minimum atomic E-state index is -0.272. The zero-order valence-corrected chi connectivity index (χ0v) is 12.3. The van der Waals surface area contributed by atoms with Gasteiger partial charge >= 0.3 is 0 Å². The first-order valence-corrected chi connectivity index (χ1v) is 6.79. The Morgan fingerprint density at radius 1 is 1.42 bits per heavy atom. The molecule has 0 aliphatic carbocycles. The molecule has 0 radical (unpaired) electrons. The molecule has 0 atom stereocenters. The maximum atomic E-state index is 12.0. The first kappa shape index (κ1) is 13.8. The number of pyridine rings is 1. The highest BCUT2D eigenvalue weighted by Crippen LogP contribution is 2.23. The molecule has 0 fully saturated rings. The molecule has 100 valence electrons. The monoisotopic (exact) mass is 296 g/mol. The molecule has 0 saturated heterocycles. The van der Waals surface area contributed by atoms with Crippen LogP contribution in [0.4, 0.5) is 10.9 Å². The van der Waals surface area contributed by atoms with Crippen molar-refractivity contribution in [1.29, 1.82) is 0 Å². The van der Waals surface area contributed by atoms with Gasteiger partial charge in [-0.2, -0.15) is 0 Å². The number of aromatic nitrogens is 2. The van der Waals surface area contributed by atoms with Crippen LogP contribution in [0.25, 0.3) is 0 Å². The van der Waals surface area contributed by atoms with Gasteiger partial charge < -0.3 is 5.32 Å². The summed E-state index contributed by atoms with van der Waals surface area (Å²) in [6, 6.07) is 1.57. The van der Waals surface area contributed by atoms with Crippen molar-refractivity contribution in [2.45, 2.75) is 13.8 Å². The average molecular weight is 297 g/mol. The molecule has 1 amide bonds. The third-order valence-corrected chi connectivity index (χ3v) is 3.87. The lowest BCUT2D eigenvalue weighted by molar-refractivity contribution is 0.102. The molecule has 2 rings (SSSR count). The van der Waals surface area contributed by atoms with Gasteiger partial charge in [-0.05, 0) is 19.9 Å². The fourth-order valence-electron chi connectivity index (χ4n) is 1.44. The van der Waals surface area contributed by atoms with Gasteiger partial charge in [-0.1, -0.05) is 11.6 Å². The Morgan fingerprint density at radius 3 is 2.68 bits per heavy atom. The van der Waals surface area contributed by atoms with E-state index in [1.54, 1.807) is 13.1 Å². The van der Waals surface area contributed by atoms with Crippen LogP contribution in [0.15, 0.2) is 12.3 Å². The van der Waals surface area contributed by atoms with Crippen LogP contribution in [-0.4, -0.2) is 22.9 Å². The van der Waals surface area contributed by atoms with E-state index in [4.69, 9.17) is 11.6 Å². The van der Waals surface area contributed by atoms with Gasteiger partial charge in [0.2, 0.25) is 0 Å². The molecular formula is C12H13ClN4OS. The van der Waals surface area contributed by atoms with Crippen LogP contribution in [0, 0.1) is 13.8 Å². The number of carbonyl (C=O) groups is 1. The Morgan fingerprint density at radius 2 is 2.16 bits per heavy atom. The number of rotatable bonds is 3. The molecule has 0 aliphatic heterocycles. The van der Waals surface area contributed by atoms with E-state index in [9.17, 15) is 4.79 Å². The van der Waals surface area contributed by atoms with Crippen molar-refractivity contribution in [2.24, 2.45) is 0 Å². The van der Waals surface area contributed by atoms with E-state index in [1.807, 2.05) is 13.8 Å². The fraction of sp³-hybridized carbons (Fsp3) is 0.250. The molecule has 0 aromatic carbocycles. The maximum Gasteiger partial charge on any atom is 0.259 e. The Labute approximate surface area is 120 Å². The van der Waals surface area contributed by atoms with Crippen LogP contribution in [0.5, 0.6) is 0 Å². The zero-order valence-electron chi connectivity index (χ0n) is 10.7. The van der Waals surface area contributed by atoms with Crippen LogP contribution in [0.2, 0.25) is 5.02 Å². The molecule has 2 N–H and O–H groups in total. The molecule has 2 aromatic rings. The van der Waals surface area contributed by atoms with Gasteiger partial charge in [-0.15, -0.1) is 11.3 Å². The summed E-state index contributed by atoms with van der Waals surface area (Å²) in [7, 11) is 1.72. The Balaban J connectivity index is 2.18. The molecule has 5 nitrogen and oxygen atoms in total. The van der Waals surface area contributed by atoms with E-state index < -0.39 is 0 Å². The Hall–Kier alpha value is -1.66. The third-order valence-electron chi connectivity index (χ3n) is 2.59. The predicted molar refractivity (Wildman–Crippen MR) is 78.3 cm³/mol. The molecule has 0 spiro atoms. The molecule has 7 heteroatoms. The van der Waals surface area contributed by atoms with Gasteiger partial charge in [0.25, 0.3) is 5.91 Å². The summed E-state index contributed by atoms with van der Waals surface area (Å²) in [5, 5.41) is 6.55. The maximum absolute atomic E-state index is 12.0. The number of nitrogens with one attached hydrogen (secondary N) is 2. The van der Waals surface area contributed by atoms with E-state index in [0.29, 0.717) is 21.5 Å². The highest BCUT2D eigenvalue weighted by Gasteiger charge is 2.12. The molecule has 0 unspecified atom stereocenters. The summed E-state index contributed by atoms with van der Waals surface area (Å²) in [6.45, 7) is 3.87. The second kappa shape index (κ2) is 5.54. The number of hydrogen-bond donors (Lipinski definition) is 2. The highest BCUT2D eigenvalue weighted by atomic mass is 35.5. The Bertz CT molecular complexity index is 607. The fourth-order valence-corrected chi connectivity index (χ4v) is 2.51. The van der Waals surface area contributed by atoms with E-state index in [0.717, 1.165) is 10.6 Å². The first-order valence-electron chi connectivity index (χ1n) is 5.60. The number of carbonyl (C=O) groups excluding carboxylic acids is 1. The average Bonchev–Trinajstić information content (AvgIpc) is 2.68. The lowest BCUT2D eigenvalue weighted by Crippen LogP contribution is -2.12. The summed E-state index contributed by atoms with van der Waals surface area (Å²) in [4.78, 5) is 21.4. The van der Waals surface area contributed by atoms with Crippen LogP contribution in [-0.2, 0) is 0 Å². The molecule has 0 bridgehead atoms. The number of amides is 1. The van der Waals surface area contributed by atoms with Crippen LogP contribution in [0.3, 0.4) is 0 Å². The van der Waals surface area contributed by atoms with Gasteiger partial charge in [0.1, 0.15) is 5.82 Å². The van der Waals surface area contributed by atoms with Crippen molar-refractivity contribution in [3.63, 3.8) is 0 Å². The van der Waals surface area contributed by atoms with Gasteiger partial charge in [0.05, 0.1) is 16.3 Å². The van der Waals surface area contributed by atoms with Crippen molar-refractivity contribution in [3.05, 3.63) is 33.4 Å². The van der Waals surface area contributed by atoms with Gasteiger partial charge in [0, 0.05) is 18.1 Å². The quantitative estimate of drug-likeness (QED) is 0.913. The van der Waals surface area contributed by atoms with Crippen molar-refractivity contribution in [1.82, 2.24) is 9.97 Å². The minimum Gasteiger partial charge on any atom is -0.372 e. The lowest BCUT2D eigenvalue weighted by atomic mass is 10.2. The topological polar surface area (TPSA) is 66.9 Å². The molecule has 0 aliphatic rings. The van der Waals surface area contributed by atoms with Crippen molar-refractivity contribution < 1.29 is 4.79 Å². The standard InChI is InChI=1S/C12H13ClN4OS/c1-6-7(2)19-12(16-6)17-11(18)8-4-9(13)10(14-3)15-5-8/h4-5H,1-3H3,(H,14,15)(H,16,17,18). The van der Waals surface area contributed by atoms with E-state index in [-0.39, 0.29) is 5.91 Å². The molecule has 19 heavy (non-hydrogen) atoms. The summed E-state index contributed by atoms with van der Waals surface area (Å²) >= 11 is 7.43. The van der Waals surface area contributed by atoms with Crippen LogP contribution < -0.4 is 10.6 Å². The SMILES string of the molecule is CNc1ncc(C(=O)Nc2nc(C)c(C)s2)cc1Cl. The summed E-state index contributed by atoms with van der Waals surface area (Å²) in [5.41, 5.74) is 1.32. The van der Waals surface area contributed by atoms with Gasteiger partial charge in [0.15, 0.2) is 5.13 Å². The largest absolute Gasteiger partial charge is 0.372 e. The van der Waals surface area contributed by atoms with Crippen LogP contribution in [0.1, 0.15) is 20.9 Å². The summed E-state index contributed by atoms with van der Waals surface area (Å²) < 4.78 is 0. The summed E-state index contributed by atoms with van der Waals surface area (Å²) in [5.74, 6) is 0.268. The number of nitrogens with zero attached hydrogens (tertiary/aromatic N) is 2. The van der Waals surface area contributed by atoms with Gasteiger partial charge in [-0.3, -0.25) is 10.1 Å². The normalized spacial score (nSPS) is 10.3. The first-order chi connectivity index (χ1) is 9.01. The van der Waals surface area contributed by atoms with E-state index >= 15 is 0 Å². The van der Waals surface area contributed by atoms with E-state index in [1.165, 1.54) is 17.5 Å². The zero-order chi connectivity index (χ0) is 14.0. The Kier molecular flexibility index (Phi) is 4.01. The molecule has 2 aromatic heterocycles. The smallest absolute Gasteiger partial charge is 0.259 e. The lowest BCUT2D eigenvalue weighted by Gasteiger charge is -2.05. The van der Waals surface area contributed by atoms with Crippen molar-refractivity contribution in [3.8, 4) is 0 Å². The molecule has 2 heterocycles. The van der Waals surface area contributed by atoms with Crippen molar-refractivity contribution in [2.75, 3.05) is 17.7 Å². The van der Waals surface area contributed by atoms with Crippen LogP contribution >= 0.6 is 22.9 Å². The van der Waals surface area contributed by atoms with Gasteiger partial charge in [-0.25, -0.2) is 9.97 Å². The number of hydrogen-bond acceptors (Lipinski definition) is 5. The highest BCUT2D eigenvalue weighted by molar-refractivity contribution is 7.15. The minimum absolute atomic E-state index is 0.272.